The van der Waals surface area contributed by atoms with Gasteiger partial charge in [0.2, 0.25) is 5.96 Å². The monoisotopic (exact) mass is 112 g/mol. The van der Waals surface area contributed by atoms with Crippen LogP contribution in [0.4, 0.5) is 0 Å². The first-order valence-electron chi connectivity index (χ1n) is 2.36. The van der Waals surface area contributed by atoms with Crippen LogP contribution in [0.5, 0.6) is 0 Å². The smallest absolute Gasteiger partial charge is 0.210 e. The highest BCUT2D eigenvalue weighted by Gasteiger charge is 1.85. The van der Waals surface area contributed by atoms with E-state index in [-0.39, 0.29) is 5.96 Å². The quantitative estimate of drug-likeness (QED) is 0.293. The van der Waals surface area contributed by atoms with Gasteiger partial charge in [-0.05, 0) is 0 Å². The highest BCUT2D eigenvalue weighted by molar-refractivity contribution is 5.75. The van der Waals surface area contributed by atoms with E-state index in [0.29, 0.717) is 6.54 Å². The predicted molar refractivity (Wildman–Crippen MR) is 34.0 cm³/mol. The van der Waals surface area contributed by atoms with E-state index in [2.05, 4.69) is 17.2 Å². The van der Waals surface area contributed by atoms with Crippen molar-refractivity contribution >= 4 is 5.96 Å². The summed E-state index contributed by atoms with van der Waals surface area (Å²) in [6.07, 6.45) is 1.64. The fourth-order valence-corrected chi connectivity index (χ4v) is 0.235. The average Bonchev–Trinajstić information content (AvgIpc) is 1.83. The second kappa shape index (κ2) is 4.18. The van der Waals surface area contributed by atoms with Crippen LogP contribution in [-0.4, -0.2) is 19.6 Å². The number of guanidine groups is 1. The van der Waals surface area contributed by atoms with Gasteiger partial charge >= 0.3 is 0 Å². The molecule has 45 valence electrons. The van der Waals surface area contributed by atoms with Gasteiger partial charge in [0.15, 0.2) is 0 Å². The average molecular weight is 112 g/mol. The molecule has 3 nitrogen and oxygen atoms in total. The maximum Gasteiger partial charge on any atom is 0.210 e. The van der Waals surface area contributed by atoms with Crippen LogP contribution >= 0.6 is 0 Å². The van der Waals surface area contributed by atoms with E-state index in [1.807, 2.05) is 0 Å². The molecule has 0 aliphatic rings. The molecule has 0 fully saturated rings. The molecule has 0 rings (SSSR count). The zero-order chi connectivity index (χ0) is 6.41. The van der Waals surface area contributed by atoms with Gasteiger partial charge in [-0.3, -0.25) is 5.41 Å². The van der Waals surface area contributed by atoms with E-state index >= 15 is 0 Å². The van der Waals surface area contributed by atoms with Gasteiger partial charge in [-0.15, -0.1) is 6.58 Å². The maximum atomic E-state index is 6.92. The van der Waals surface area contributed by atoms with Crippen molar-refractivity contribution in [3.05, 3.63) is 12.7 Å². The van der Waals surface area contributed by atoms with Crippen LogP contribution in [0.3, 0.4) is 0 Å². The van der Waals surface area contributed by atoms with Crippen molar-refractivity contribution in [3.8, 4) is 0 Å². The van der Waals surface area contributed by atoms with Crippen LogP contribution in [0.15, 0.2) is 12.7 Å². The predicted octanol–water partition coefficient (Wildman–Crippen LogP) is -0.0690. The third-order valence-corrected chi connectivity index (χ3v) is 0.615. The van der Waals surface area contributed by atoms with Crippen LogP contribution < -0.4 is 10.6 Å². The van der Waals surface area contributed by atoms with Gasteiger partial charge in [0.25, 0.3) is 0 Å². The Hall–Kier alpha value is -0.990. The molecule has 3 heteroatoms. The summed E-state index contributed by atoms with van der Waals surface area (Å²) >= 11 is 0. The largest absolute Gasteiger partial charge is 0.358 e. The topological polar surface area (TPSA) is 50.0 Å². The summed E-state index contributed by atoms with van der Waals surface area (Å²) in [6, 6.07) is 0. The normalized spacial score (nSPS) is 7.62. The first-order chi connectivity index (χ1) is 3.81. The molecule has 0 heterocycles. The number of hydrogen-bond donors (Lipinski definition) is 2. The summed E-state index contributed by atoms with van der Waals surface area (Å²) < 4.78 is 0. The molecule has 0 bridgehead atoms. The Bertz CT molecular complexity index is 87.7. The molecule has 8 heavy (non-hydrogen) atoms. The van der Waals surface area contributed by atoms with Crippen LogP contribution in [0.1, 0.15) is 0 Å². The SMILES string of the molecule is C=CC[N]C(=N)NC. The molecule has 0 saturated carbocycles. The molecule has 0 aromatic carbocycles. The second-order valence-corrected chi connectivity index (χ2v) is 1.23. The van der Waals surface area contributed by atoms with Gasteiger partial charge in [-0.2, -0.15) is 0 Å². The van der Waals surface area contributed by atoms with E-state index in [9.17, 15) is 0 Å². The fourth-order valence-electron chi connectivity index (χ4n) is 0.235. The first-order valence-corrected chi connectivity index (χ1v) is 2.36. The minimum absolute atomic E-state index is 0.199. The molecule has 0 saturated heterocycles. The summed E-state index contributed by atoms with van der Waals surface area (Å²) in [4.78, 5) is 0. The Labute approximate surface area is 49.3 Å². The Morgan fingerprint density at radius 1 is 2.00 bits per heavy atom. The third-order valence-electron chi connectivity index (χ3n) is 0.615. The lowest BCUT2D eigenvalue weighted by molar-refractivity contribution is 0.931. The van der Waals surface area contributed by atoms with Gasteiger partial charge in [0.05, 0.1) is 6.54 Å². The Morgan fingerprint density at radius 3 is 3.00 bits per heavy atom. The number of nitrogens with one attached hydrogen (secondary N) is 2. The van der Waals surface area contributed by atoms with Crippen molar-refractivity contribution in [3.63, 3.8) is 0 Å². The van der Waals surface area contributed by atoms with Gasteiger partial charge in [0, 0.05) is 7.05 Å². The summed E-state index contributed by atoms with van der Waals surface area (Å²) in [5.74, 6) is 0.199. The van der Waals surface area contributed by atoms with Crippen LogP contribution in [0.2, 0.25) is 0 Å². The molecule has 0 spiro atoms. The molecule has 0 aliphatic heterocycles. The first kappa shape index (κ1) is 7.01. The molecule has 0 aliphatic carbocycles. The fraction of sp³-hybridized carbons (Fsp3) is 0.400. The van der Waals surface area contributed by atoms with Crippen molar-refractivity contribution in [2.45, 2.75) is 0 Å². The highest BCUT2D eigenvalue weighted by Crippen LogP contribution is 1.62. The molecule has 0 unspecified atom stereocenters. The third kappa shape index (κ3) is 3.21. The minimum Gasteiger partial charge on any atom is -0.358 e. The summed E-state index contributed by atoms with van der Waals surface area (Å²) in [5, 5.41) is 13.2. The highest BCUT2D eigenvalue weighted by atomic mass is 15.1. The summed E-state index contributed by atoms with van der Waals surface area (Å²) in [5.41, 5.74) is 0. The van der Waals surface area contributed by atoms with Crippen molar-refractivity contribution in [1.82, 2.24) is 10.6 Å². The molecule has 2 N–H and O–H groups in total. The van der Waals surface area contributed by atoms with E-state index in [1.165, 1.54) is 0 Å². The van der Waals surface area contributed by atoms with Gasteiger partial charge < -0.3 is 5.32 Å². The Kier molecular flexibility index (Phi) is 3.66. The maximum absolute atomic E-state index is 6.92. The molecular formula is C5H10N3. The molecule has 0 amide bonds. The number of hydrogen-bond acceptors (Lipinski definition) is 1. The zero-order valence-electron chi connectivity index (χ0n) is 4.94. The van der Waals surface area contributed by atoms with Crippen LogP contribution in [-0.2, 0) is 0 Å². The number of nitrogens with zero attached hydrogens (tertiary/aromatic N) is 1. The zero-order valence-corrected chi connectivity index (χ0v) is 4.94. The Morgan fingerprint density at radius 2 is 2.62 bits per heavy atom. The summed E-state index contributed by atoms with van der Waals surface area (Å²) in [7, 11) is 1.66. The van der Waals surface area contributed by atoms with Gasteiger partial charge in [0.1, 0.15) is 0 Å². The van der Waals surface area contributed by atoms with Gasteiger partial charge in [-0.1, -0.05) is 6.08 Å². The molecular weight excluding hydrogens is 102 g/mol. The lowest BCUT2D eigenvalue weighted by Gasteiger charge is -1.97. The van der Waals surface area contributed by atoms with E-state index in [1.54, 1.807) is 13.1 Å². The van der Waals surface area contributed by atoms with Gasteiger partial charge in [-0.25, -0.2) is 5.32 Å². The molecule has 0 atom stereocenters. The second-order valence-electron chi connectivity index (χ2n) is 1.23. The number of rotatable bonds is 2. The van der Waals surface area contributed by atoms with Crippen molar-refractivity contribution in [1.29, 1.82) is 5.41 Å². The molecule has 0 aromatic heterocycles. The minimum atomic E-state index is 0.199. The van der Waals surface area contributed by atoms with Crippen LogP contribution in [0, 0.1) is 5.41 Å². The van der Waals surface area contributed by atoms with Crippen LogP contribution in [0.25, 0.3) is 0 Å². The Balaban J connectivity index is 3.11. The van der Waals surface area contributed by atoms with E-state index in [0.717, 1.165) is 0 Å². The van der Waals surface area contributed by atoms with Crippen molar-refractivity contribution < 1.29 is 0 Å². The lowest BCUT2D eigenvalue weighted by Crippen LogP contribution is -2.27. The van der Waals surface area contributed by atoms with Crippen molar-refractivity contribution in [2.75, 3.05) is 13.6 Å². The standard InChI is InChI=1S/C5H10N3/c1-3-4-8-5(6)7-2/h3H,1,4H2,2H3,(H2,6,7). The van der Waals surface area contributed by atoms with E-state index in [4.69, 9.17) is 5.41 Å². The molecule has 1 radical (unpaired) electrons. The van der Waals surface area contributed by atoms with E-state index < -0.39 is 0 Å². The van der Waals surface area contributed by atoms with Crippen molar-refractivity contribution in [2.24, 2.45) is 0 Å². The molecule has 0 aromatic rings. The summed E-state index contributed by atoms with van der Waals surface area (Å²) in [6.45, 7) is 3.96. The lowest BCUT2D eigenvalue weighted by atomic mass is 10.6.